The molecule has 1 amide bonds. The second-order valence-electron chi connectivity index (χ2n) is 5.55. The number of anilines is 1. The van der Waals surface area contributed by atoms with E-state index in [9.17, 15) is 9.18 Å². The van der Waals surface area contributed by atoms with Crippen LogP contribution in [-0.4, -0.2) is 51.6 Å². The van der Waals surface area contributed by atoms with Gasteiger partial charge in [0.1, 0.15) is 16.2 Å². The first kappa shape index (κ1) is 15.4. The van der Waals surface area contributed by atoms with Crippen molar-refractivity contribution in [3.63, 3.8) is 0 Å². The molecular weight excluding hydrogens is 349 g/mol. The van der Waals surface area contributed by atoms with E-state index in [1.54, 1.807) is 13.0 Å². The number of para-hydroxylation sites is 1. The Morgan fingerprint density at radius 1 is 1.25 bits per heavy atom. The summed E-state index contributed by atoms with van der Waals surface area (Å²) < 4.78 is 18.5. The number of halogens is 1. The largest absolute Gasteiger partial charge is 0.345 e. The number of carbonyl (C=O) groups is 1. The van der Waals surface area contributed by atoms with E-state index < -0.39 is 0 Å². The van der Waals surface area contributed by atoms with Crippen molar-refractivity contribution in [2.75, 3.05) is 31.1 Å². The van der Waals surface area contributed by atoms with Gasteiger partial charge in [0, 0.05) is 26.2 Å². The van der Waals surface area contributed by atoms with Gasteiger partial charge in [0.2, 0.25) is 0 Å². The molecule has 0 bridgehead atoms. The predicted molar refractivity (Wildman–Crippen MR) is 92.3 cm³/mol. The van der Waals surface area contributed by atoms with Crippen LogP contribution in [0.25, 0.3) is 10.2 Å². The van der Waals surface area contributed by atoms with Crippen LogP contribution in [0.3, 0.4) is 0 Å². The fraction of sp³-hybridized carbons (Fsp3) is 0.333. The molecule has 0 atom stereocenters. The molecule has 0 spiro atoms. The third kappa shape index (κ3) is 2.63. The maximum absolute atomic E-state index is 13.8. The highest BCUT2D eigenvalue weighted by Crippen LogP contribution is 2.30. The second kappa shape index (κ2) is 6.06. The first-order valence-corrected chi connectivity index (χ1v) is 9.10. The van der Waals surface area contributed by atoms with E-state index in [1.165, 1.54) is 17.4 Å². The normalized spacial score (nSPS) is 15.2. The van der Waals surface area contributed by atoms with Crippen LogP contribution in [0.4, 0.5) is 9.52 Å². The number of hydrogen-bond donors (Lipinski definition) is 0. The van der Waals surface area contributed by atoms with Gasteiger partial charge in [-0.15, -0.1) is 5.10 Å². The summed E-state index contributed by atoms with van der Waals surface area (Å²) in [5, 5.41) is 4.70. The Bertz CT molecular complexity index is 900. The minimum Gasteiger partial charge on any atom is -0.345 e. The molecule has 1 aliphatic heterocycles. The monoisotopic (exact) mass is 363 g/mol. The van der Waals surface area contributed by atoms with Gasteiger partial charge in [0.25, 0.3) is 5.91 Å². The number of piperazine rings is 1. The number of carbonyl (C=O) groups excluding carboxylic acids is 1. The summed E-state index contributed by atoms with van der Waals surface area (Å²) in [6.45, 7) is 4.36. The quantitative estimate of drug-likeness (QED) is 0.700. The zero-order valence-electron chi connectivity index (χ0n) is 12.9. The Kier molecular flexibility index (Phi) is 3.89. The average molecular weight is 363 g/mol. The van der Waals surface area contributed by atoms with Crippen molar-refractivity contribution in [3.05, 3.63) is 34.6 Å². The van der Waals surface area contributed by atoms with E-state index in [0.29, 0.717) is 42.3 Å². The molecular formula is C15H14FN5OS2. The third-order valence-corrected chi connectivity index (χ3v) is 5.94. The van der Waals surface area contributed by atoms with Crippen LogP contribution in [0.15, 0.2) is 18.2 Å². The van der Waals surface area contributed by atoms with Crippen LogP contribution in [0, 0.1) is 12.7 Å². The lowest BCUT2D eigenvalue weighted by atomic mass is 10.3. The molecule has 2 aromatic heterocycles. The number of aromatic nitrogens is 3. The molecule has 24 heavy (non-hydrogen) atoms. The molecule has 6 nitrogen and oxygen atoms in total. The highest BCUT2D eigenvalue weighted by Gasteiger charge is 2.26. The van der Waals surface area contributed by atoms with E-state index in [4.69, 9.17) is 0 Å². The smallest absolute Gasteiger partial charge is 0.267 e. The second-order valence-corrected chi connectivity index (χ2v) is 7.31. The van der Waals surface area contributed by atoms with E-state index >= 15 is 0 Å². The summed E-state index contributed by atoms with van der Waals surface area (Å²) >= 11 is 2.62. The minimum atomic E-state index is -0.294. The van der Waals surface area contributed by atoms with Crippen molar-refractivity contribution >= 4 is 44.1 Å². The summed E-state index contributed by atoms with van der Waals surface area (Å²) in [6, 6.07) is 4.99. The van der Waals surface area contributed by atoms with E-state index in [2.05, 4.69) is 19.5 Å². The molecule has 1 aromatic carbocycles. The summed E-state index contributed by atoms with van der Waals surface area (Å²) in [5.74, 6) is -0.311. The van der Waals surface area contributed by atoms with Gasteiger partial charge in [-0.25, -0.2) is 9.37 Å². The number of nitrogens with zero attached hydrogens (tertiary/aromatic N) is 5. The van der Waals surface area contributed by atoms with Crippen molar-refractivity contribution in [1.82, 2.24) is 19.5 Å². The van der Waals surface area contributed by atoms with Crippen molar-refractivity contribution in [3.8, 4) is 0 Å². The molecule has 1 aliphatic rings. The summed E-state index contributed by atoms with van der Waals surface area (Å²) in [4.78, 5) is 21.4. The van der Waals surface area contributed by atoms with E-state index in [1.807, 2.05) is 11.0 Å². The molecule has 3 aromatic rings. The molecule has 0 radical (unpaired) electrons. The van der Waals surface area contributed by atoms with Crippen molar-refractivity contribution < 1.29 is 9.18 Å². The molecule has 0 N–H and O–H groups in total. The van der Waals surface area contributed by atoms with Gasteiger partial charge in [-0.05, 0) is 30.6 Å². The van der Waals surface area contributed by atoms with Gasteiger partial charge >= 0.3 is 0 Å². The Hall–Kier alpha value is -2.13. The molecule has 9 heteroatoms. The molecule has 1 fully saturated rings. The number of aryl methyl sites for hydroxylation is 1. The van der Waals surface area contributed by atoms with Crippen LogP contribution in [0.2, 0.25) is 0 Å². The molecule has 0 aliphatic carbocycles. The number of thiazole rings is 1. The number of benzene rings is 1. The molecule has 1 saturated heterocycles. The van der Waals surface area contributed by atoms with Gasteiger partial charge < -0.3 is 9.80 Å². The van der Waals surface area contributed by atoms with E-state index in [-0.39, 0.29) is 11.7 Å². The lowest BCUT2D eigenvalue weighted by Crippen LogP contribution is -2.48. The molecule has 124 valence electrons. The number of fused-ring (bicyclic) bond motifs is 1. The van der Waals surface area contributed by atoms with Crippen LogP contribution in [0.5, 0.6) is 0 Å². The molecule has 4 rings (SSSR count). The highest BCUT2D eigenvalue weighted by atomic mass is 32.1. The lowest BCUT2D eigenvalue weighted by molar-refractivity contribution is 0.0750. The molecule has 0 unspecified atom stereocenters. The van der Waals surface area contributed by atoms with Crippen molar-refractivity contribution in [2.45, 2.75) is 6.92 Å². The lowest BCUT2D eigenvalue weighted by Gasteiger charge is -2.34. The van der Waals surface area contributed by atoms with Crippen molar-refractivity contribution in [1.29, 1.82) is 0 Å². The van der Waals surface area contributed by atoms with Crippen LogP contribution < -0.4 is 4.90 Å². The average Bonchev–Trinajstić information content (AvgIpc) is 3.21. The zero-order chi connectivity index (χ0) is 16.7. The number of amides is 1. The maximum atomic E-state index is 13.8. The maximum Gasteiger partial charge on any atom is 0.267 e. The fourth-order valence-corrected chi connectivity index (χ4v) is 4.37. The highest BCUT2D eigenvalue weighted by molar-refractivity contribution is 7.22. The topological polar surface area (TPSA) is 62.2 Å². The predicted octanol–water partition coefficient (Wildman–Crippen LogP) is 2.56. The first-order chi connectivity index (χ1) is 11.6. The van der Waals surface area contributed by atoms with Gasteiger partial charge in [-0.2, -0.15) is 0 Å². The SMILES string of the molecule is Cc1nnsc1C(=O)N1CCN(c2nc3c(F)cccc3s2)CC1. The van der Waals surface area contributed by atoms with Gasteiger partial charge in [0.05, 0.1) is 10.4 Å². The standard InChI is InChI=1S/C15H14FN5OS2/c1-9-13(24-19-18-9)14(22)20-5-7-21(8-6-20)15-17-12-10(16)3-2-4-11(12)23-15/h2-4H,5-8H2,1H3. The minimum absolute atomic E-state index is 0.0162. The number of hydrogen-bond acceptors (Lipinski definition) is 7. The Balaban J connectivity index is 1.48. The Morgan fingerprint density at radius 2 is 2.04 bits per heavy atom. The van der Waals surface area contributed by atoms with Crippen LogP contribution in [-0.2, 0) is 0 Å². The Morgan fingerprint density at radius 3 is 2.71 bits per heavy atom. The summed E-state index contributed by atoms with van der Waals surface area (Å²) in [6.07, 6.45) is 0. The summed E-state index contributed by atoms with van der Waals surface area (Å²) in [5.41, 5.74) is 1.09. The number of rotatable bonds is 2. The molecule has 0 saturated carbocycles. The van der Waals surface area contributed by atoms with Crippen molar-refractivity contribution in [2.24, 2.45) is 0 Å². The van der Waals surface area contributed by atoms with E-state index in [0.717, 1.165) is 21.4 Å². The van der Waals surface area contributed by atoms with Gasteiger partial charge in [-0.3, -0.25) is 4.79 Å². The first-order valence-electron chi connectivity index (χ1n) is 7.52. The van der Waals surface area contributed by atoms with Gasteiger partial charge in [-0.1, -0.05) is 21.9 Å². The third-order valence-electron chi connectivity index (χ3n) is 4.04. The zero-order valence-corrected chi connectivity index (χ0v) is 14.5. The van der Waals surface area contributed by atoms with Crippen LogP contribution >= 0.6 is 22.9 Å². The van der Waals surface area contributed by atoms with Crippen LogP contribution in [0.1, 0.15) is 15.4 Å². The van der Waals surface area contributed by atoms with Gasteiger partial charge in [0.15, 0.2) is 5.13 Å². The summed E-state index contributed by atoms with van der Waals surface area (Å²) in [7, 11) is 0. The molecule has 3 heterocycles. The Labute approximate surface area is 145 Å². The fourth-order valence-electron chi connectivity index (χ4n) is 2.71.